The van der Waals surface area contributed by atoms with Crippen LogP contribution < -0.4 is 0 Å². The molecule has 4 heteroatoms. The van der Waals surface area contributed by atoms with E-state index in [1.54, 1.807) is 0 Å². The molecule has 0 radical (unpaired) electrons. The summed E-state index contributed by atoms with van der Waals surface area (Å²) >= 11 is 3.50. The average Bonchev–Trinajstić information content (AvgIpc) is 2.59. The second kappa shape index (κ2) is 4.57. The molecule has 0 fully saturated rings. The Balaban J connectivity index is 2.02. The van der Waals surface area contributed by atoms with Crippen LogP contribution in [0.25, 0.3) is 0 Å². The number of halogens is 1. The molecular weight excluding hydrogens is 254 g/mol. The molecular formula is C11H12BrN3. The van der Waals surface area contributed by atoms with Gasteiger partial charge in [0.1, 0.15) is 4.60 Å². The third-order valence-corrected chi connectivity index (χ3v) is 3.30. The van der Waals surface area contributed by atoms with E-state index in [0.717, 1.165) is 28.8 Å². The van der Waals surface area contributed by atoms with Crippen molar-refractivity contribution in [3.8, 4) is 0 Å². The molecule has 3 nitrogen and oxygen atoms in total. The van der Waals surface area contributed by atoms with E-state index in [1.165, 1.54) is 0 Å². The molecule has 0 saturated heterocycles. The van der Waals surface area contributed by atoms with E-state index in [9.17, 15) is 0 Å². The molecule has 0 aliphatic carbocycles. The average molecular weight is 266 g/mol. The fourth-order valence-corrected chi connectivity index (χ4v) is 1.82. The molecule has 78 valence electrons. The minimum atomic E-state index is 0.915. The highest BCUT2D eigenvalue weighted by molar-refractivity contribution is 9.10. The molecule has 0 unspecified atom stereocenters. The van der Waals surface area contributed by atoms with Crippen LogP contribution in [0.1, 0.15) is 11.4 Å². The summed E-state index contributed by atoms with van der Waals surface area (Å²) in [6.45, 7) is 0. The topological polar surface area (TPSA) is 30.7 Å². The van der Waals surface area contributed by atoms with Crippen molar-refractivity contribution in [3.05, 3.63) is 46.7 Å². The molecule has 2 aromatic heterocycles. The molecule has 2 rings (SSSR count). The van der Waals surface area contributed by atoms with Gasteiger partial charge in [-0.3, -0.25) is 4.98 Å². The Morgan fingerprint density at radius 3 is 2.73 bits per heavy atom. The first-order chi connectivity index (χ1) is 7.27. The van der Waals surface area contributed by atoms with Gasteiger partial charge in [0.05, 0.1) is 12.0 Å². The zero-order valence-corrected chi connectivity index (χ0v) is 10.1. The smallest absolute Gasteiger partial charge is 0.107 e. The van der Waals surface area contributed by atoms with E-state index >= 15 is 0 Å². The number of aromatic nitrogens is 3. The van der Waals surface area contributed by atoms with E-state index in [-0.39, 0.29) is 0 Å². The van der Waals surface area contributed by atoms with E-state index in [2.05, 4.69) is 25.9 Å². The number of hydrogen-bond acceptors (Lipinski definition) is 2. The summed E-state index contributed by atoms with van der Waals surface area (Å²) < 4.78 is 3.02. The largest absolute Gasteiger partial charge is 0.328 e. The first-order valence-corrected chi connectivity index (χ1v) is 5.62. The molecule has 0 spiro atoms. The van der Waals surface area contributed by atoms with Gasteiger partial charge in [0, 0.05) is 18.9 Å². The fourth-order valence-electron chi connectivity index (χ4n) is 1.42. The molecule has 0 N–H and O–H groups in total. The van der Waals surface area contributed by atoms with Crippen molar-refractivity contribution in [1.29, 1.82) is 0 Å². The summed E-state index contributed by atoms with van der Waals surface area (Å²) in [5.41, 5.74) is 2.19. The van der Waals surface area contributed by atoms with E-state index in [4.69, 9.17) is 0 Å². The maximum absolute atomic E-state index is 4.32. The number of nitrogens with zero attached hydrogens (tertiary/aromatic N) is 3. The zero-order chi connectivity index (χ0) is 10.7. The molecule has 0 amide bonds. The maximum Gasteiger partial charge on any atom is 0.107 e. The highest BCUT2D eigenvalue weighted by atomic mass is 79.9. The van der Waals surface area contributed by atoms with Gasteiger partial charge in [0.2, 0.25) is 0 Å². The molecule has 0 aromatic carbocycles. The molecule has 15 heavy (non-hydrogen) atoms. The second-order valence-corrected chi connectivity index (χ2v) is 4.17. The summed E-state index contributed by atoms with van der Waals surface area (Å²) in [5, 5.41) is 0. The predicted octanol–water partition coefficient (Wildman–Crippen LogP) is 2.36. The van der Waals surface area contributed by atoms with Crippen LogP contribution >= 0.6 is 15.9 Å². The molecule has 2 aromatic rings. The monoisotopic (exact) mass is 265 g/mol. The molecule has 0 aliphatic heterocycles. The summed E-state index contributed by atoms with van der Waals surface area (Å²) in [6, 6.07) is 5.98. The van der Waals surface area contributed by atoms with Gasteiger partial charge in [-0.05, 0) is 40.9 Å². The molecule has 0 bridgehead atoms. The Kier molecular flexibility index (Phi) is 3.16. The lowest BCUT2D eigenvalue weighted by atomic mass is 10.2. The van der Waals surface area contributed by atoms with Crippen LogP contribution in [0.5, 0.6) is 0 Å². The molecule has 2 heterocycles. The van der Waals surface area contributed by atoms with Gasteiger partial charge >= 0.3 is 0 Å². The van der Waals surface area contributed by atoms with Crippen LogP contribution in [-0.2, 0) is 19.9 Å². The van der Waals surface area contributed by atoms with E-state index < -0.39 is 0 Å². The summed E-state index contributed by atoms with van der Waals surface area (Å²) in [4.78, 5) is 8.60. The van der Waals surface area contributed by atoms with Crippen LogP contribution in [0.3, 0.4) is 0 Å². The van der Waals surface area contributed by atoms with Crippen LogP contribution in [0.4, 0.5) is 0 Å². The third kappa shape index (κ3) is 2.45. The Morgan fingerprint density at radius 2 is 2.13 bits per heavy atom. The summed E-state index contributed by atoms with van der Waals surface area (Å²) in [5.74, 6) is 0. The summed E-state index contributed by atoms with van der Waals surface area (Å²) in [7, 11) is 1.97. The number of pyridine rings is 1. The highest BCUT2D eigenvalue weighted by Gasteiger charge is 2.05. The first-order valence-electron chi connectivity index (χ1n) is 4.83. The van der Waals surface area contributed by atoms with Gasteiger partial charge < -0.3 is 4.57 Å². The second-order valence-electron chi connectivity index (χ2n) is 3.41. The number of rotatable bonds is 3. The van der Waals surface area contributed by atoms with Gasteiger partial charge in [-0.1, -0.05) is 6.07 Å². The van der Waals surface area contributed by atoms with Gasteiger partial charge in [0.15, 0.2) is 0 Å². The van der Waals surface area contributed by atoms with E-state index in [0.29, 0.717) is 0 Å². The fraction of sp³-hybridized carbons (Fsp3) is 0.273. The van der Waals surface area contributed by atoms with Crippen molar-refractivity contribution in [2.24, 2.45) is 7.05 Å². The van der Waals surface area contributed by atoms with Crippen LogP contribution in [0, 0.1) is 0 Å². The van der Waals surface area contributed by atoms with Crippen molar-refractivity contribution < 1.29 is 0 Å². The SMILES string of the molecule is Cn1cnc(CCc2ccccn2)c1Br. The maximum atomic E-state index is 4.32. The molecule has 0 aliphatic rings. The van der Waals surface area contributed by atoms with Crippen molar-refractivity contribution in [1.82, 2.24) is 14.5 Å². The molecule has 0 atom stereocenters. The van der Waals surface area contributed by atoms with Crippen LogP contribution in [-0.4, -0.2) is 14.5 Å². The van der Waals surface area contributed by atoms with Gasteiger partial charge in [-0.15, -0.1) is 0 Å². The van der Waals surface area contributed by atoms with Crippen molar-refractivity contribution in [2.75, 3.05) is 0 Å². The van der Waals surface area contributed by atoms with Crippen molar-refractivity contribution in [2.45, 2.75) is 12.8 Å². The van der Waals surface area contributed by atoms with Gasteiger partial charge in [-0.25, -0.2) is 4.98 Å². The summed E-state index contributed by atoms with van der Waals surface area (Å²) in [6.07, 6.45) is 5.48. The van der Waals surface area contributed by atoms with Gasteiger partial charge in [-0.2, -0.15) is 0 Å². The predicted molar refractivity (Wildman–Crippen MR) is 62.6 cm³/mol. The van der Waals surface area contributed by atoms with E-state index in [1.807, 2.05) is 42.3 Å². The third-order valence-electron chi connectivity index (χ3n) is 2.28. The minimum absolute atomic E-state index is 0.915. The quantitative estimate of drug-likeness (QED) is 0.853. The Labute approximate surface area is 97.3 Å². The standard InChI is InChI=1S/C11H12BrN3/c1-15-8-14-10(11(15)12)6-5-9-4-2-3-7-13-9/h2-4,7-8H,5-6H2,1H3. The Bertz CT molecular complexity index is 436. The highest BCUT2D eigenvalue weighted by Crippen LogP contribution is 2.15. The normalized spacial score (nSPS) is 10.5. The number of aryl methyl sites for hydroxylation is 3. The van der Waals surface area contributed by atoms with Crippen molar-refractivity contribution in [3.63, 3.8) is 0 Å². The Morgan fingerprint density at radius 1 is 1.27 bits per heavy atom. The van der Waals surface area contributed by atoms with Crippen LogP contribution in [0.2, 0.25) is 0 Å². The Hall–Kier alpha value is -1.16. The lowest BCUT2D eigenvalue weighted by Gasteiger charge is -1.99. The minimum Gasteiger partial charge on any atom is -0.328 e. The number of imidazole rings is 1. The van der Waals surface area contributed by atoms with Crippen LogP contribution in [0.15, 0.2) is 35.3 Å². The lowest BCUT2D eigenvalue weighted by molar-refractivity contribution is 0.864. The van der Waals surface area contributed by atoms with Crippen molar-refractivity contribution >= 4 is 15.9 Å². The molecule has 0 saturated carbocycles. The lowest BCUT2D eigenvalue weighted by Crippen LogP contribution is -1.95. The first kappa shape index (κ1) is 10.4. The van der Waals surface area contributed by atoms with Gasteiger partial charge in [0.25, 0.3) is 0 Å². The number of hydrogen-bond donors (Lipinski definition) is 0. The zero-order valence-electron chi connectivity index (χ0n) is 8.52.